The highest BCUT2D eigenvalue weighted by Crippen LogP contribution is 2.33. The van der Waals surface area contributed by atoms with Crippen LogP contribution in [0.1, 0.15) is 6.42 Å². The van der Waals surface area contributed by atoms with Gasteiger partial charge in [0.15, 0.2) is 0 Å². The van der Waals surface area contributed by atoms with Crippen LogP contribution in [0.5, 0.6) is 0 Å². The van der Waals surface area contributed by atoms with Gasteiger partial charge in [0.2, 0.25) is 5.91 Å². The first-order valence-electron chi connectivity index (χ1n) is 4.94. The lowest BCUT2D eigenvalue weighted by Crippen LogP contribution is -2.26. The molecule has 1 aromatic rings. The molecule has 1 saturated heterocycles. The first-order chi connectivity index (χ1) is 8.02. The number of benzene rings is 1. The van der Waals surface area contributed by atoms with E-state index in [4.69, 9.17) is 18.0 Å². The van der Waals surface area contributed by atoms with Crippen molar-refractivity contribution < 1.29 is 9.18 Å². The Morgan fingerprint density at radius 3 is 2.82 bits per heavy atom. The molecule has 0 bridgehead atoms. The van der Waals surface area contributed by atoms with Crippen molar-refractivity contribution in [2.24, 2.45) is 5.92 Å². The fraction of sp³-hybridized carbons (Fsp3) is 0.250. The number of anilines is 1. The Morgan fingerprint density at radius 2 is 2.29 bits per heavy atom. The van der Waals surface area contributed by atoms with E-state index in [-0.39, 0.29) is 23.9 Å². The Morgan fingerprint density at radius 1 is 1.59 bits per heavy atom. The minimum absolute atomic E-state index is 0.145. The van der Waals surface area contributed by atoms with Gasteiger partial charge in [-0.25, -0.2) is 4.39 Å². The summed E-state index contributed by atoms with van der Waals surface area (Å²) in [5.74, 6) is 1.75. The normalized spacial score (nSPS) is 19.5. The summed E-state index contributed by atoms with van der Waals surface area (Å²) >= 11 is 7.70. The van der Waals surface area contributed by atoms with Gasteiger partial charge in [0.05, 0.1) is 5.69 Å². The maximum Gasteiger partial charge on any atom is 0.228 e. The van der Waals surface area contributed by atoms with Crippen molar-refractivity contribution in [3.63, 3.8) is 0 Å². The third kappa shape index (κ3) is 2.40. The quantitative estimate of drug-likeness (QED) is 0.555. The zero-order valence-electron chi connectivity index (χ0n) is 8.71. The highest BCUT2D eigenvalue weighted by Gasteiger charge is 2.32. The second-order valence-electron chi connectivity index (χ2n) is 3.79. The van der Waals surface area contributed by atoms with Crippen LogP contribution in [-0.4, -0.2) is 12.5 Å². The number of hydrogen-bond acceptors (Lipinski definition) is 1. The van der Waals surface area contributed by atoms with Gasteiger partial charge < -0.3 is 4.90 Å². The van der Waals surface area contributed by atoms with Crippen LogP contribution in [0.2, 0.25) is 5.02 Å². The Balaban J connectivity index is 2.42. The molecular weight excluding hydrogens is 355 g/mol. The van der Waals surface area contributed by atoms with Crippen molar-refractivity contribution in [1.82, 2.24) is 0 Å². The van der Waals surface area contributed by atoms with Gasteiger partial charge in [-0.05, 0) is 34.7 Å². The molecule has 5 heteroatoms. The maximum absolute atomic E-state index is 13.8. The van der Waals surface area contributed by atoms with E-state index in [1.165, 1.54) is 11.0 Å². The van der Waals surface area contributed by atoms with Crippen LogP contribution in [0.4, 0.5) is 10.1 Å². The molecule has 0 aliphatic carbocycles. The zero-order chi connectivity index (χ0) is 12.6. The number of carbonyl (C=O) groups is 1. The van der Waals surface area contributed by atoms with E-state index >= 15 is 0 Å². The van der Waals surface area contributed by atoms with Crippen LogP contribution in [0, 0.1) is 27.6 Å². The molecule has 1 amide bonds. The minimum atomic E-state index is -0.493. The van der Waals surface area contributed by atoms with Gasteiger partial charge in [-0.15, -0.1) is 12.3 Å². The Labute approximate surface area is 117 Å². The fourth-order valence-corrected chi connectivity index (χ4v) is 3.10. The molecule has 17 heavy (non-hydrogen) atoms. The predicted octanol–water partition coefficient (Wildman–Crippen LogP) is 3.07. The molecule has 0 aromatic heterocycles. The molecule has 1 aliphatic heterocycles. The van der Waals surface area contributed by atoms with E-state index in [0.717, 1.165) is 0 Å². The van der Waals surface area contributed by atoms with Crippen molar-refractivity contribution in [3.8, 4) is 12.3 Å². The van der Waals surface area contributed by atoms with Crippen LogP contribution < -0.4 is 4.90 Å². The average Bonchev–Trinajstić information content (AvgIpc) is 2.59. The highest BCUT2D eigenvalue weighted by atomic mass is 127. The number of hydrogen-bond donors (Lipinski definition) is 0. The smallest absolute Gasteiger partial charge is 0.228 e. The SMILES string of the molecule is C#CC1CC(=O)N(c2c(F)cc(Cl)cc2I)C1. The third-order valence-corrected chi connectivity index (χ3v) is 3.65. The number of rotatable bonds is 1. The molecule has 1 aromatic carbocycles. The van der Waals surface area contributed by atoms with Gasteiger partial charge in [0.25, 0.3) is 0 Å². The summed E-state index contributed by atoms with van der Waals surface area (Å²) in [6, 6.07) is 2.83. The van der Waals surface area contributed by atoms with E-state index in [2.05, 4.69) is 5.92 Å². The summed E-state index contributed by atoms with van der Waals surface area (Å²) < 4.78 is 14.4. The molecule has 1 heterocycles. The topological polar surface area (TPSA) is 20.3 Å². The standard InChI is InChI=1S/C12H8ClFINO/c1-2-7-3-11(17)16(6-7)12-9(14)4-8(13)5-10(12)15/h1,4-5,7H,3,6H2. The van der Waals surface area contributed by atoms with Crippen molar-refractivity contribution in [2.45, 2.75) is 6.42 Å². The maximum atomic E-state index is 13.8. The van der Waals surface area contributed by atoms with Gasteiger partial charge in [0.1, 0.15) is 5.82 Å². The van der Waals surface area contributed by atoms with Crippen molar-refractivity contribution in [2.75, 3.05) is 11.4 Å². The first-order valence-corrected chi connectivity index (χ1v) is 6.39. The molecule has 0 spiro atoms. The lowest BCUT2D eigenvalue weighted by atomic mass is 10.1. The molecule has 0 radical (unpaired) electrons. The average molecular weight is 364 g/mol. The third-order valence-electron chi connectivity index (χ3n) is 2.61. The summed E-state index contributed by atoms with van der Waals surface area (Å²) in [7, 11) is 0. The minimum Gasteiger partial charge on any atom is -0.307 e. The largest absolute Gasteiger partial charge is 0.307 e. The Bertz CT molecular complexity index is 503. The van der Waals surface area contributed by atoms with E-state index in [9.17, 15) is 9.18 Å². The van der Waals surface area contributed by atoms with Crippen LogP contribution in [0.15, 0.2) is 12.1 Å². The fourth-order valence-electron chi connectivity index (χ4n) is 1.83. The lowest BCUT2D eigenvalue weighted by Gasteiger charge is -2.18. The molecular formula is C12H8ClFINO. The summed E-state index contributed by atoms with van der Waals surface area (Å²) in [6.07, 6.45) is 5.56. The van der Waals surface area contributed by atoms with Crippen LogP contribution >= 0.6 is 34.2 Å². The van der Waals surface area contributed by atoms with E-state index in [1.807, 2.05) is 22.6 Å². The number of carbonyl (C=O) groups excluding carboxylic acids is 1. The van der Waals surface area contributed by atoms with E-state index < -0.39 is 5.82 Å². The van der Waals surface area contributed by atoms with Crippen molar-refractivity contribution >= 4 is 45.8 Å². The van der Waals surface area contributed by atoms with Crippen LogP contribution in [-0.2, 0) is 4.79 Å². The molecule has 88 valence electrons. The van der Waals surface area contributed by atoms with E-state index in [1.54, 1.807) is 6.07 Å². The molecule has 1 unspecified atom stereocenters. The Kier molecular flexibility index (Phi) is 3.59. The van der Waals surface area contributed by atoms with Crippen molar-refractivity contribution in [3.05, 3.63) is 26.5 Å². The monoisotopic (exact) mass is 363 g/mol. The number of amides is 1. The Hall–Kier alpha value is -0.800. The van der Waals surface area contributed by atoms with Crippen molar-refractivity contribution in [1.29, 1.82) is 0 Å². The lowest BCUT2D eigenvalue weighted by molar-refractivity contribution is -0.117. The van der Waals surface area contributed by atoms with Crippen LogP contribution in [0.25, 0.3) is 0 Å². The summed E-state index contributed by atoms with van der Waals surface area (Å²) in [5.41, 5.74) is 0.276. The second kappa shape index (κ2) is 4.83. The number of halogens is 3. The zero-order valence-corrected chi connectivity index (χ0v) is 11.6. The summed E-state index contributed by atoms with van der Waals surface area (Å²) in [4.78, 5) is 13.2. The van der Waals surface area contributed by atoms with E-state index in [0.29, 0.717) is 15.1 Å². The van der Waals surface area contributed by atoms with Gasteiger partial charge in [-0.2, -0.15) is 0 Å². The summed E-state index contributed by atoms with van der Waals surface area (Å²) in [5, 5.41) is 0.316. The molecule has 1 fully saturated rings. The van der Waals surface area contributed by atoms with Gasteiger partial charge >= 0.3 is 0 Å². The molecule has 0 N–H and O–H groups in total. The second-order valence-corrected chi connectivity index (χ2v) is 5.39. The van der Waals surface area contributed by atoms with Gasteiger partial charge in [-0.3, -0.25) is 4.79 Å². The predicted molar refractivity (Wildman–Crippen MR) is 73.4 cm³/mol. The highest BCUT2D eigenvalue weighted by molar-refractivity contribution is 14.1. The number of terminal acetylenes is 1. The van der Waals surface area contributed by atoms with Crippen LogP contribution in [0.3, 0.4) is 0 Å². The number of nitrogens with zero attached hydrogens (tertiary/aromatic N) is 1. The first kappa shape index (κ1) is 12.7. The molecule has 2 rings (SSSR count). The molecule has 0 saturated carbocycles. The molecule has 2 nitrogen and oxygen atoms in total. The van der Waals surface area contributed by atoms with Gasteiger partial charge in [-0.1, -0.05) is 11.6 Å². The van der Waals surface area contributed by atoms with Gasteiger partial charge in [0, 0.05) is 27.5 Å². The summed E-state index contributed by atoms with van der Waals surface area (Å²) in [6.45, 7) is 0.365. The molecule has 1 aliphatic rings. The molecule has 1 atom stereocenters.